The summed E-state index contributed by atoms with van der Waals surface area (Å²) >= 11 is 6.30. The molecule has 242 valence electrons. The quantitative estimate of drug-likeness (QED) is 0.148. The normalized spacial score (nSPS) is 12.1. The number of amides is 1. The molecule has 0 aliphatic rings. The van der Waals surface area contributed by atoms with E-state index in [1.165, 1.54) is 17.7 Å². The molecule has 1 N–H and O–H groups in total. The molecule has 0 radical (unpaired) electrons. The van der Waals surface area contributed by atoms with Crippen molar-refractivity contribution < 1.29 is 27.4 Å². The SMILES string of the molecule is CN(CCCCc1ccccc1Cl)Cc1ccc2c(c1)c(-c1ccc(OC(F)(F)F)cc1)cn2CCCNC(=O)OC(C)(C)C. The van der Waals surface area contributed by atoms with Crippen LogP contribution in [0, 0.1) is 0 Å². The van der Waals surface area contributed by atoms with Crippen molar-refractivity contribution >= 4 is 28.6 Å². The second-order valence-electron chi connectivity index (χ2n) is 12.2. The zero-order valence-electron chi connectivity index (χ0n) is 26.2. The van der Waals surface area contributed by atoms with Crippen LogP contribution in [0.2, 0.25) is 5.02 Å². The van der Waals surface area contributed by atoms with Gasteiger partial charge in [0.1, 0.15) is 11.4 Å². The summed E-state index contributed by atoms with van der Waals surface area (Å²) in [6.45, 7) is 8.20. The van der Waals surface area contributed by atoms with Gasteiger partial charge in [0.05, 0.1) is 0 Å². The first-order chi connectivity index (χ1) is 21.3. The summed E-state index contributed by atoms with van der Waals surface area (Å²) in [5, 5.41) is 4.60. The molecule has 4 rings (SSSR count). The Labute approximate surface area is 268 Å². The Hall–Kier alpha value is -3.69. The van der Waals surface area contributed by atoms with Gasteiger partial charge in [0, 0.05) is 47.3 Å². The van der Waals surface area contributed by atoms with Crippen LogP contribution in [0.1, 0.15) is 51.2 Å². The van der Waals surface area contributed by atoms with E-state index in [0.717, 1.165) is 65.0 Å². The highest BCUT2D eigenvalue weighted by molar-refractivity contribution is 6.31. The Morgan fingerprint density at radius 2 is 1.71 bits per heavy atom. The Morgan fingerprint density at radius 3 is 2.40 bits per heavy atom. The monoisotopic (exact) mass is 643 g/mol. The van der Waals surface area contributed by atoms with Gasteiger partial charge in [-0.1, -0.05) is 48.0 Å². The van der Waals surface area contributed by atoms with Gasteiger partial charge in [0.2, 0.25) is 0 Å². The minimum absolute atomic E-state index is 0.264. The number of carbonyl (C=O) groups is 1. The number of halogens is 4. The summed E-state index contributed by atoms with van der Waals surface area (Å²) in [7, 11) is 2.10. The van der Waals surface area contributed by atoms with Crippen molar-refractivity contribution in [3.63, 3.8) is 0 Å². The minimum atomic E-state index is -4.75. The fourth-order valence-electron chi connectivity index (χ4n) is 5.24. The fraction of sp³-hybridized carbons (Fsp3) is 0.400. The lowest BCUT2D eigenvalue weighted by atomic mass is 10.0. The van der Waals surface area contributed by atoms with Crippen LogP contribution in [0.5, 0.6) is 5.75 Å². The molecule has 0 saturated carbocycles. The van der Waals surface area contributed by atoms with Crippen molar-refractivity contribution in [2.45, 2.75) is 71.5 Å². The number of rotatable bonds is 13. The summed E-state index contributed by atoms with van der Waals surface area (Å²) in [5.41, 5.74) is 4.43. The van der Waals surface area contributed by atoms with E-state index in [0.29, 0.717) is 19.5 Å². The highest BCUT2D eigenvalue weighted by atomic mass is 35.5. The van der Waals surface area contributed by atoms with Gasteiger partial charge in [0.25, 0.3) is 0 Å². The fourth-order valence-corrected chi connectivity index (χ4v) is 5.47. The van der Waals surface area contributed by atoms with Crippen LogP contribution in [-0.2, 0) is 24.2 Å². The second kappa shape index (κ2) is 15.1. The maximum absolute atomic E-state index is 12.7. The largest absolute Gasteiger partial charge is 0.573 e. The first-order valence-electron chi connectivity index (χ1n) is 15.1. The average molecular weight is 644 g/mol. The van der Waals surface area contributed by atoms with E-state index in [4.69, 9.17) is 16.3 Å². The molecule has 0 aliphatic carbocycles. The number of fused-ring (bicyclic) bond motifs is 1. The van der Waals surface area contributed by atoms with Crippen LogP contribution in [0.3, 0.4) is 0 Å². The van der Waals surface area contributed by atoms with Crippen molar-refractivity contribution in [2.24, 2.45) is 0 Å². The van der Waals surface area contributed by atoms with Crippen molar-refractivity contribution in [1.82, 2.24) is 14.8 Å². The van der Waals surface area contributed by atoms with Gasteiger partial charge in [-0.3, -0.25) is 0 Å². The van der Waals surface area contributed by atoms with Gasteiger partial charge in [-0.2, -0.15) is 0 Å². The van der Waals surface area contributed by atoms with Crippen LogP contribution < -0.4 is 10.1 Å². The lowest BCUT2D eigenvalue weighted by Gasteiger charge is -2.19. The first kappa shape index (κ1) is 34.2. The van der Waals surface area contributed by atoms with Crippen LogP contribution in [0.25, 0.3) is 22.0 Å². The molecule has 3 aromatic carbocycles. The van der Waals surface area contributed by atoms with Crippen LogP contribution in [0.15, 0.2) is 72.9 Å². The third-order valence-electron chi connectivity index (χ3n) is 7.23. The summed E-state index contributed by atoms with van der Waals surface area (Å²) in [6, 6.07) is 20.2. The van der Waals surface area contributed by atoms with E-state index in [-0.39, 0.29) is 5.75 Å². The summed E-state index contributed by atoms with van der Waals surface area (Å²) < 4.78 is 49.7. The van der Waals surface area contributed by atoms with Gasteiger partial charge >= 0.3 is 12.5 Å². The maximum Gasteiger partial charge on any atom is 0.573 e. The number of aromatic nitrogens is 1. The molecule has 1 heterocycles. The van der Waals surface area contributed by atoms with E-state index < -0.39 is 18.1 Å². The molecule has 1 aromatic heterocycles. The predicted molar refractivity (Wildman–Crippen MR) is 174 cm³/mol. The van der Waals surface area contributed by atoms with E-state index in [9.17, 15) is 18.0 Å². The Morgan fingerprint density at radius 1 is 0.978 bits per heavy atom. The van der Waals surface area contributed by atoms with Gasteiger partial charge in [-0.05, 0) is 107 Å². The van der Waals surface area contributed by atoms with Crippen LogP contribution in [0.4, 0.5) is 18.0 Å². The molecule has 0 saturated heterocycles. The van der Waals surface area contributed by atoms with Crippen LogP contribution in [-0.4, -0.2) is 47.7 Å². The number of hydrogen-bond acceptors (Lipinski definition) is 4. The zero-order valence-corrected chi connectivity index (χ0v) is 27.0. The number of benzene rings is 3. The first-order valence-corrected chi connectivity index (χ1v) is 15.5. The number of aryl methyl sites for hydroxylation is 2. The summed E-state index contributed by atoms with van der Waals surface area (Å²) in [5.74, 6) is -0.264. The molecule has 0 fully saturated rings. The van der Waals surface area contributed by atoms with Crippen LogP contribution >= 0.6 is 11.6 Å². The molecular formula is C35H41ClF3N3O3. The number of unbranched alkanes of at least 4 members (excludes halogenated alkanes) is 1. The Kier molecular flexibility index (Phi) is 11.4. The number of ether oxygens (including phenoxy) is 2. The topological polar surface area (TPSA) is 55.7 Å². The highest BCUT2D eigenvalue weighted by Crippen LogP contribution is 2.34. The molecule has 10 heteroatoms. The third-order valence-corrected chi connectivity index (χ3v) is 7.60. The molecule has 0 unspecified atom stereocenters. The number of alkyl halides is 3. The molecule has 6 nitrogen and oxygen atoms in total. The number of hydrogen-bond donors (Lipinski definition) is 1. The molecule has 4 aromatic rings. The van der Waals surface area contributed by atoms with E-state index in [1.54, 1.807) is 12.1 Å². The molecule has 0 aliphatic heterocycles. The summed E-state index contributed by atoms with van der Waals surface area (Å²) in [4.78, 5) is 14.3. The smallest absolute Gasteiger partial charge is 0.444 e. The van der Waals surface area contributed by atoms with E-state index in [2.05, 4.69) is 50.8 Å². The van der Waals surface area contributed by atoms with Gasteiger partial charge in [-0.15, -0.1) is 13.2 Å². The highest BCUT2D eigenvalue weighted by Gasteiger charge is 2.31. The summed E-state index contributed by atoms with van der Waals surface area (Å²) in [6.07, 6.45) is 0.488. The lowest BCUT2D eigenvalue weighted by molar-refractivity contribution is -0.274. The lowest BCUT2D eigenvalue weighted by Crippen LogP contribution is -2.33. The van der Waals surface area contributed by atoms with Crippen molar-refractivity contribution in [1.29, 1.82) is 0 Å². The number of nitrogens with zero attached hydrogens (tertiary/aromatic N) is 2. The molecule has 0 bridgehead atoms. The Balaban J connectivity index is 1.46. The van der Waals surface area contributed by atoms with Crippen molar-refractivity contribution in [3.05, 3.63) is 89.1 Å². The van der Waals surface area contributed by atoms with E-state index >= 15 is 0 Å². The molecular weight excluding hydrogens is 603 g/mol. The predicted octanol–water partition coefficient (Wildman–Crippen LogP) is 9.23. The maximum atomic E-state index is 12.7. The van der Waals surface area contributed by atoms with Gasteiger partial charge in [0.15, 0.2) is 0 Å². The Bertz CT molecular complexity index is 1560. The van der Waals surface area contributed by atoms with Gasteiger partial charge in [-0.25, -0.2) is 4.79 Å². The average Bonchev–Trinajstić information content (AvgIpc) is 3.30. The standard InChI is InChI=1S/C35H41ClF3N3O3/c1-34(2,3)45-33(43)40-19-9-21-42-24-30(26-14-16-28(17-15-26)44-35(37,38)39)29-22-25(13-18-32(29)42)23-41(4)20-8-7-11-27-10-5-6-12-31(27)36/h5-6,10,12-18,22,24H,7-9,11,19-21,23H2,1-4H3,(H,40,43). The second-order valence-corrected chi connectivity index (χ2v) is 12.6. The van der Waals surface area contributed by atoms with Gasteiger partial charge < -0.3 is 24.3 Å². The molecule has 45 heavy (non-hydrogen) atoms. The zero-order chi connectivity index (χ0) is 32.6. The number of carbonyl (C=O) groups excluding carboxylic acids is 1. The van der Waals surface area contributed by atoms with E-state index in [1.807, 2.05) is 45.2 Å². The van der Waals surface area contributed by atoms with Crippen molar-refractivity contribution in [2.75, 3.05) is 20.1 Å². The van der Waals surface area contributed by atoms with Crippen molar-refractivity contribution in [3.8, 4) is 16.9 Å². The molecule has 1 amide bonds. The molecule has 0 spiro atoms. The number of nitrogens with one attached hydrogen (secondary N) is 1. The molecule has 0 atom stereocenters. The number of alkyl carbamates (subject to hydrolysis) is 1. The minimum Gasteiger partial charge on any atom is -0.444 e. The third kappa shape index (κ3) is 10.7.